The average Bonchev–Trinajstić information content (AvgIpc) is 2.39. The molecule has 0 bridgehead atoms. The number of benzene rings is 1. The fourth-order valence-corrected chi connectivity index (χ4v) is 2.40. The van der Waals surface area contributed by atoms with E-state index in [9.17, 15) is 4.39 Å². The Morgan fingerprint density at radius 1 is 1.37 bits per heavy atom. The van der Waals surface area contributed by atoms with Crippen molar-refractivity contribution in [1.82, 2.24) is 0 Å². The minimum absolute atomic E-state index is 0.00899. The summed E-state index contributed by atoms with van der Waals surface area (Å²) in [7, 11) is 3.20. The van der Waals surface area contributed by atoms with Crippen molar-refractivity contribution in [2.75, 3.05) is 26.1 Å². The van der Waals surface area contributed by atoms with Gasteiger partial charge in [-0.1, -0.05) is 0 Å². The van der Waals surface area contributed by atoms with Crippen molar-refractivity contribution in [2.45, 2.75) is 31.6 Å². The first-order chi connectivity index (χ1) is 9.19. The Labute approximate surface area is 112 Å². The highest BCUT2D eigenvalue weighted by Crippen LogP contribution is 2.33. The monoisotopic (exact) mass is 269 g/mol. The summed E-state index contributed by atoms with van der Waals surface area (Å²) in [4.78, 5) is 0. The highest BCUT2D eigenvalue weighted by molar-refractivity contribution is 5.57. The zero-order valence-corrected chi connectivity index (χ0v) is 11.5. The van der Waals surface area contributed by atoms with Gasteiger partial charge in [0.25, 0.3) is 0 Å². The Kier molecular flexibility index (Phi) is 4.61. The molecule has 2 rings (SSSR count). The Hall–Kier alpha value is -1.33. The molecule has 0 aromatic heterocycles. The maximum atomic E-state index is 13.1. The SMILES string of the molecule is CCOC1CC(Nc2ccc(F)cc2OC)C1OC. The fraction of sp³-hybridized carbons (Fsp3) is 0.571. The van der Waals surface area contributed by atoms with Crippen molar-refractivity contribution >= 4 is 5.69 Å². The Bertz CT molecular complexity index is 427. The van der Waals surface area contributed by atoms with Gasteiger partial charge in [0.1, 0.15) is 17.7 Å². The van der Waals surface area contributed by atoms with Gasteiger partial charge >= 0.3 is 0 Å². The van der Waals surface area contributed by atoms with E-state index >= 15 is 0 Å². The summed E-state index contributed by atoms with van der Waals surface area (Å²) in [6.07, 6.45) is 1.00. The molecule has 3 unspecified atom stereocenters. The second-order valence-corrected chi connectivity index (χ2v) is 4.53. The molecule has 0 aliphatic heterocycles. The van der Waals surface area contributed by atoms with E-state index in [1.807, 2.05) is 6.92 Å². The lowest BCUT2D eigenvalue weighted by molar-refractivity contribution is -0.118. The van der Waals surface area contributed by atoms with Gasteiger partial charge in [-0.05, 0) is 25.5 Å². The van der Waals surface area contributed by atoms with Crippen LogP contribution in [0.15, 0.2) is 18.2 Å². The molecule has 5 heteroatoms. The van der Waals surface area contributed by atoms with E-state index in [1.165, 1.54) is 19.2 Å². The molecule has 0 spiro atoms. The van der Waals surface area contributed by atoms with Crippen LogP contribution in [0.4, 0.5) is 10.1 Å². The Balaban J connectivity index is 2.02. The molecule has 1 aromatic carbocycles. The quantitative estimate of drug-likeness (QED) is 0.861. The molecular formula is C14H20FNO3. The zero-order chi connectivity index (χ0) is 13.8. The number of anilines is 1. The lowest BCUT2D eigenvalue weighted by Crippen LogP contribution is -2.56. The lowest BCUT2D eigenvalue weighted by Gasteiger charge is -2.43. The Morgan fingerprint density at radius 2 is 2.16 bits per heavy atom. The molecule has 1 aromatic rings. The molecule has 19 heavy (non-hydrogen) atoms. The van der Waals surface area contributed by atoms with Gasteiger partial charge < -0.3 is 19.5 Å². The molecular weight excluding hydrogens is 249 g/mol. The maximum Gasteiger partial charge on any atom is 0.144 e. The topological polar surface area (TPSA) is 39.7 Å². The molecule has 0 amide bonds. The summed E-state index contributed by atoms with van der Waals surface area (Å²) in [5.41, 5.74) is 0.769. The molecule has 1 aliphatic carbocycles. The van der Waals surface area contributed by atoms with Gasteiger partial charge in [-0.2, -0.15) is 0 Å². The molecule has 1 N–H and O–H groups in total. The van der Waals surface area contributed by atoms with Crippen LogP contribution < -0.4 is 10.1 Å². The predicted molar refractivity (Wildman–Crippen MR) is 71.2 cm³/mol. The number of hydrogen-bond acceptors (Lipinski definition) is 4. The highest BCUT2D eigenvalue weighted by atomic mass is 19.1. The van der Waals surface area contributed by atoms with E-state index in [-0.39, 0.29) is 24.1 Å². The minimum atomic E-state index is -0.313. The number of nitrogens with one attached hydrogen (secondary N) is 1. The number of methoxy groups -OCH3 is 2. The summed E-state index contributed by atoms with van der Waals surface area (Å²) < 4.78 is 29.3. The molecule has 1 saturated carbocycles. The summed E-state index contributed by atoms with van der Waals surface area (Å²) in [6, 6.07) is 4.60. The second kappa shape index (κ2) is 6.21. The molecule has 0 heterocycles. The van der Waals surface area contributed by atoms with Gasteiger partial charge in [-0.25, -0.2) is 4.39 Å². The predicted octanol–water partition coefficient (Wildman–Crippen LogP) is 2.44. The van der Waals surface area contributed by atoms with Crippen LogP contribution in [0, 0.1) is 5.82 Å². The number of rotatable bonds is 6. The van der Waals surface area contributed by atoms with Crippen molar-refractivity contribution in [3.05, 3.63) is 24.0 Å². The summed E-state index contributed by atoms with van der Waals surface area (Å²) in [6.45, 7) is 2.65. The summed E-state index contributed by atoms with van der Waals surface area (Å²) in [5, 5.41) is 3.32. The van der Waals surface area contributed by atoms with E-state index < -0.39 is 0 Å². The van der Waals surface area contributed by atoms with E-state index in [0.717, 1.165) is 12.1 Å². The van der Waals surface area contributed by atoms with Crippen LogP contribution in [0.5, 0.6) is 5.75 Å². The third-order valence-corrected chi connectivity index (χ3v) is 3.41. The molecule has 106 valence electrons. The minimum Gasteiger partial charge on any atom is -0.494 e. The van der Waals surface area contributed by atoms with Gasteiger partial charge in [0.15, 0.2) is 0 Å². The van der Waals surface area contributed by atoms with Gasteiger partial charge in [0.2, 0.25) is 0 Å². The van der Waals surface area contributed by atoms with Gasteiger partial charge in [-0.15, -0.1) is 0 Å². The van der Waals surface area contributed by atoms with Crippen molar-refractivity contribution in [2.24, 2.45) is 0 Å². The lowest BCUT2D eigenvalue weighted by atomic mass is 9.85. The zero-order valence-electron chi connectivity index (χ0n) is 11.5. The number of halogens is 1. The van der Waals surface area contributed by atoms with Crippen molar-refractivity contribution in [3.63, 3.8) is 0 Å². The number of hydrogen-bond donors (Lipinski definition) is 1. The van der Waals surface area contributed by atoms with Crippen molar-refractivity contribution in [3.8, 4) is 5.75 Å². The Morgan fingerprint density at radius 3 is 2.79 bits per heavy atom. The van der Waals surface area contributed by atoms with Crippen LogP contribution in [0.2, 0.25) is 0 Å². The smallest absolute Gasteiger partial charge is 0.144 e. The van der Waals surface area contributed by atoms with Gasteiger partial charge in [0, 0.05) is 19.8 Å². The van der Waals surface area contributed by atoms with E-state index in [4.69, 9.17) is 14.2 Å². The largest absolute Gasteiger partial charge is 0.494 e. The normalized spacial score (nSPS) is 25.8. The summed E-state index contributed by atoms with van der Waals surface area (Å²) in [5.74, 6) is 0.182. The third-order valence-electron chi connectivity index (χ3n) is 3.41. The summed E-state index contributed by atoms with van der Waals surface area (Å²) >= 11 is 0. The number of ether oxygens (including phenoxy) is 3. The first-order valence-electron chi connectivity index (χ1n) is 6.44. The van der Waals surface area contributed by atoms with E-state index in [1.54, 1.807) is 13.2 Å². The fourth-order valence-electron chi connectivity index (χ4n) is 2.40. The van der Waals surface area contributed by atoms with Crippen molar-refractivity contribution in [1.29, 1.82) is 0 Å². The standard InChI is InChI=1S/C14H20FNO3/c1-4-19-13-8-11(14(13)18-3)16-10-6-5-9(15)7-12(10)17-2/h5-7,11,13-14,16H,4,8H2,1-3H3. The highest BCUT2D eigenvalue weighted by Gasteiger charge is 2.42. The average molecular weight is 269 g/mol. The second-order valence-electron chi connectivity index (χ2n) is 4.53. The van der Waals surface area contributed by atoms with Gasteiger partial charge in [-0.3, -0.25) is 0 Å². The molecule has 0 saturated heterocycles. The van der Waals surface area contributed by atoms with E-state index in [0.29, 0.717) is 12.4 Å². The third kappa shape index (κ3) is 2.98. The van der Waals surface area contributed by atoms with Crippen LogP contribution >= 0.6 is 0 Å². The van der Waals surface area contributed by atoms with Crippen LogP contribution in [-0.2, 0) is 9.47 Å². The van der Waals surface area contributed by atoms with Crippen LogP contribution in [0.1, 0.15) is 13.3 Å². The molecule has 4 nitrogen and oxygen atoms in total. The van der Waals surface area contributed by atoms with Crippen LogP contribution in [-0.4, -0.2) is 39.1 Å². The van der Waals surface area contributed by atoms with Crippen molar-refractivity contribution < 1.29 is 18.6 Å². The van der Waals surface area contributed by atoms with Crippen LogP contribution in [0.3, 0.4) is 0 Å². The van der Waals surface area contributed by atoms with Gasteiger partial charge in [0.05, 0.1) is 24.9 Å². The first-order valence-corrected chi connectivity index (χ1v) is 6.44. The van der Waals surface area contributed by atoms with E-state index in [2.05, 4.69) is 5.32 Å². The maximum absolute atomic E-state index is 13.1. The molecule has 1 aliphatic rings. The molecule has 0 radical (unpaired) electrons. The molecule has 3 atom stereocenters. The molecule has 1 fully saturated rings. The first kappa shape index (κ1) is 14.1. The van der Waals surface area contributed by atoms with Crippen LogP contribution in [0.25, 0.3) is 0 Å².